The Morgan fingerprint density at radius 1 is 1.29 bits per heavy atom. The van der Waals surface area contributed by atoms with Crippen molar-refractivity contribution in [1.29, 1.82) is 0 Å². The standard InChI is InChI=1S/C14H25N5O2/c1-3-4-5-10-21-11-13(20)18-6-8-19(9-7-18)14-15-12(2)16-17-14/h3-11H2,1-2H3,(H,15,16,17). The maximum absolute atomic E-state index is 12.0. The van der Waals surface area contributed by atoms with E-state index in [1.807, 2.05) is 11.8 Å². The summed E-state index contributed by atoms with van der Waals surface area (Å²) in [5.74, 6) is 1.61. The molecule has 2 rings (SSSR count). The highest BCUT2D eigenvalue weighted by atomic mass is 16.5. The van der Waals surface area contributed by atoms with E-state index in [0.29, 0.717) is 19.7 Å². The van der Waals surface area contributed by atoms with Gasteiger partial charge in [0.1, 0.15) is 12.4 Å². The average Bonchev–Trinajstić information content (AvgIpc) is 2.93. The molecule has 1 aromatic rings. The third kappa shape index (κ3) is 4.70. The number of aryl methyl sites for hydroxylation is 1. The van der Waals surface area contributed by atoms with Crippen molar-refractivity contribution in [2.24, 2.45) is 0 Å². The summed E-state index contributed by atoms with van der Waals surface area (Å²) in [4.78, 5) is 20.3. The van der Waals surface area contributed by atoms with Crippen LogP contribution < -0.4 is 4.90 Å². The smallest absolute Gasteiger partial charge is 0.248 e. The molecule has 1 saturated heterocycles. The molecule has 0 aliphatic carbocycles. The molecule has 0 radical (unpaired) electrons. The summed E-state index contributed by atoms with van der Waals surface area (Å²) in [6.07, 6.45) is 3.35. The number of nitrogens with one attached hydrogen (secondary N) is 1. The van der Waals surface area contributed by atoms with Crippen LogP contribution in [0.4, 0.5) is 5.95 Å². The Balaban J connectivity index is 1.67. The summed E-state index contributed by atoms with van der Waals surface area (Å²) in [6.45, 7) is 7.83. The molecule has 1 amide bonds. The van der Waals surface area contributed by atoms with Crippen LogP contribution in [0.5, 0.6) is 0 Å². The third-order valence-corrected chi connectivity index (χ3v) is 3.62. The number of unbranched alkanes of at least 4 members (excludes halogenated alkanes) is 2. The number of ether oxygens (including phenoxy) is 1. The van der Waals surface area contributed by atoms with Crippen molar-refractivity contribution < 1.29 is 9.53 Å². The largest absolute Gasteiger partial charge is 0.372 e. The fourth-order valence-corrected chi connectivity index (χ4v) is 2.33. The molecule has 1 N–H and O–H groups in total. The van der Waals surface area contributed by atoms with Crippen LogP contribution in [-0.2, 0) is 9.53 Å². The number of piperazine rings is 1. The number of H-pyrrole nitrogens is 1. The maximum atomic E-state index is 12.0. The van der Waals surface area contributed by atoms with Gasteiger partial charge < -0.3 is 14.5 Å². The van der Waals surface area contributed by atoms with Gasteiger partial charge in [-0.25, -0.2) is 0 Å². The molecule has 1 aromatic heterocycles. The summed E-state index contributed by atoms with van der Waals surface area (Å²) < 4.78 is 5.43. The molecule has 118 valence electrons. The first-order valence-corrected chi connectivity index (χ1v) is 7.70. The summed E-state index contributed by atoms with van der Waals surface area (Å²) in [6, 6.07) is 0. The summed E-state index contributed by atoms with van der Waals surface area (Å²) in [7, 11) is 0. The quantitative estimate of drug-likeness (QED) is 0.759. The Kier molecular flexibility index (Phi) is 5.98. The van der Waals surface area contributed by atoms with Crippen molar-refractivity contribution in [2.75, 3.05) is 44.3 Å². The van der Waals surface area contributed by atoms with Crippen LogP contribution in [0.15, 0.2) is 0 Å². The van der Waals surface area contributed by atoms with E-state index >= 15 is 0 Å². The Bertz CT molecular complexity index is 440. The Hall–Kier alpha value is -1.63. The van der Waals surface area contributed by atoms with Gasteiger partial charge in [-0.15, -0.1) is 5.10 Å². The minimum Gasteiger partial charge on any atom is -0.372 e. The minimum absolute atomic E-state index is 0.0808. The molecule has 1 aliphatic heterocycles. The van der Waals surface area contributed by atoms with Crippen LogP contribution in [0.2, 0.25) is 0 Å². The number of carbonyl (C=O) groups is 1. The molecule has 0 bridgehead atoms. The highest BCUT2D eigenvalue weighted by Gasteiger charge is 2.22. The van der Waals surface area contributed by atoms with E-state index in [-0.39, 0.29) is 12.5 Å². The first-order chi connectivity index (χ1) is 10.2. The van der Waals surface area contributed by atoms with Crippen molar-refractivity contribution in [2.45, 2.75) is 33.1 Å². The molecule has 2 heterocycles. The highest BCUT2D eigenvalue weighted by Crippen LogP contribution is 2.10. The summed E-state index contributed by atoms with van der Waals surface area (Å²) in [5, 5.41) is 6.99. The maximum Gasteiger partial charge on any atom is 0.248 e. The van der Waals surface area contributed by atoms with Crippen LogP contribution in [0, 0.1) is 6.92 Å². The molecule has 7 nitrogen and oxygen atoms in total. The van der Waals surface area contributed by atoms with E-state index in [4.69, 9.17) is 4.74 Å². The van der Waals surface area contributed by atoms with Gasteiger partial charge in [0, 0.05) is 32.8 Å². The zero-order chi connectivity index (χ0) is 15.1. The minimum atomic E-state index is 0.0808. The Labute approximate surface area is 125 Å². The normalized spacial score (nSPS) is 15.5. The third-order valence-electron chi connectivity index (χ3n) is 3.62. The predicted octanol–water partition coefficient (Wildman–Crippen LogP) is 0.969. The lowest BCUT2D eigenvalue weighted by atomic mass is 10.3. The van der Waals surface area contributed by atoms with E-state index in [1.54, 1.807) is 0 Å². The van der Waals surface area contributed by atoms with Crippen molar-refractivity contribution in [3.8, 4) is 0 Å². The number of hydrogen-bond acceptors (Lipinski definition) is 5. The van der Waals surface area contributed by atoms with Crippen LogP contribution >= 0.6 is 0 Å². The van der Waals surface area contributed by atoms with Crippen molar-refractivity contribution >= 4 is 11.9 Å². The Morgan fingerprint density at radius 2 is 2.05 bits per heavy atom. The number of aromatic nitrogens is 3. The molecule has 0 unspecified atom stereocenters. The fraction of sp³-hybridized carbons (Fsp3) is 0.786. The fourth-order valence-electron chi connectivity index (χ4n) is 2.33. The summed E-state index contributed by atoms with van der Waals surface area (Å²) >= 11 is 0. The van der Waals surface area contributed by atoms with Gasteiger partial charge in [-0.05, 0) is 13.3 Å². The molecule has 0 atom stereocenters. The number of amides is 1. The van der Waals surface area contributed by atoms with E-state index in [1.165, 1.54) is 6.42 Å². The molecule has 21 heavy (non-hydrogen) atoms. The first kappa shape index (κ1) is 15.8. The van der Waals surface area contributed by atoms with Crippen LogP contribution in [0.25, 0.3) is 0 Å². The first-order valence-electron chi connectivity index (χ1n) is 7.70. The number of hydrogen-bond donors (Lipinski definition) is 1. The second kappa shape index (κ2) is 7.97. The van der Waals surface area contributed by atoms with Gasteiger partial charge in [0.2, 0.25) is 11.9 Å². The molecular weight excluding hydrogens is 270 g/mol. The van der Waals surface area contributed by atoms with E-state index in [2.05, 4.69) is 27.0 Å². The van der Waals surface area contributed by atoms with Crippen LogP contribution in [0.3, 0.4) is 0 Å². The molecule has 7 heteroatoms. The van der Waals surface area contributed by atoms with Crippen LogP contribution in [-0.4, -0.2) is 65.4 Å². The number of rotatable bonds is 7. The van der Waals surface area contributed by atoms with Gasteiger partial charge in [-0.1, -0.05) is 19.8 Å². The molecule has 1 fully saturated rings. The van der Waals surface area contributed by atoms with Crippen LogP contribution in [0.1, 0.15) is 32.0 Å². The predicted molar refractivity (Wildman–Crippen MR) is 80.3 cm³/mol. The monoisotopic (exact) mass is 295 g/mol. The zero-order valence-electron chi connectivity index (χ0n) is 13.0. The van der Waals surface area contributed by atoms with Crippen molar-refractivity contribution in [3.05, 3.63) is 5.82 Å². The number of carbonyl (C=O) groups excluding carboxylic acids is 1. The second-order valence-electron chi connectivity index (χ2n) is 5.35. The number of anilines is 1. The number of aromatic amines is 1. The van der Waals surface area contributed by atoms with Gasteiger partial charge in [0.15, 0.2) is 0 Å². The van der Waals surface area contributed by atoms with E-state index < -0.39 is 0 Å². The molecule has 0 saturated carbocycles. The SMILES string of the molecule is CCCCCOCC(=O)N1CCN(c2n[nH]c(C)n2)CC1. The van der Waals surface area contributed by atoms with Gasteiger partial charge >= 0.3 is 0 Å². The lowest BCUT2D eigenvalue weighted by molar-refractivity contribution is -0.136. The van der Waals surface area contributed by atoms with Gasteiger partial charge in [0.05, 0.1) is 0 Å². The lowest BCUT2D eigenvalue weighted by Crippen LogP contribution is -2.50. The zero-order valence-corrected chi connectivity index (χ0v) is 13.0. The topological polar surface area (TPSA) is 74.3 Å². The van der Waals surface area contributed by atoms with E-state index in [0.717, 1.165) is 37.7 Å². The van der Waals surface area contributed by atoms with Crippen molar-refractivity contribution in [3.63, 3.8) is 0 Å². The average molecular weight is 295 g/mol. The summed E-state index contributed by atoms with van der Waals surface area (Å²) in [5.41, 5.74) is 0. The van der Waals surface area contributed by atoms with Gasteiger partial charge in [-0.2, -0.15) is 4.98 Å². The number of nitrogens with zero attached hydrogens (tertiary/aromatic N) is 4. The Morgan fingerprint density at radius 3 is 2.67 bits per heavy atom. The molecule has 0 aromatic carbocycles. The highest BCUT2D eigenvalue weighted by molar-refractivity contribution is 5.77. The van der Waals surface area contributed by atoms with Crippen molar-refractivity contribution in [1.82, 2.24) is 20.1 Å². The molecule has 0 spiro atoms. The van der Waals surface area contributed by atoms with Gasteiger partial charge in [-0.3, -0.25) is 9.89 Å². The second-order valence-corrected chi connectivity index (χ2v) is 5.35. The molecular formula is C14H25N5O2. The van der Waals surface area contributed by atoms with E-state index in [9.17, 15) is 4.79 Å². The molecule has 1 aliphatic rings. The van der Waals surface area contributed by atoms with Gasteiger partial charge in [0.25, 0.3) is 0 Å². The lowest BCUT2D eigenvalue weighted by Gasteiger charge is -2.34.